The van der Waals surface area contributed by atoms with Gasteiger partial charge in [0.1, 0.15) is 0 Å². The molecule has 1 heterocycles. The van der Waals surface area contributed by atoms with Crippen molar-refractivity contribution in [3.05, 3.63) is 64.7 Å². The van der Waals surface area contributed by atoms with Gasteiger partial charge in [-0.15, -0.1) is 10.2 Å². The van der Waals surface area contributed by atoms with Gasteiger partial charge in [0.25, 0.3) is 0 Å². The van der Waals surface area contributed by atoms with Crippen LogP contribution in [0.2, 0.25) is 5.02 Å². The van der Waals surface area contributed by atoms with Crippen LogP contribution in [0.25, 0.3) is 11.4 Å². The molecule has 0 amide bonds. The van der Waals surface area contributed by atoms with Gasteiger partial charge in [-0.25, -0.2) is 0 Å². The highest BCUT2D eigenvalue weighted by Gasteiger charge is 2.14. The Kier molecular flexibility index (Phi) is 5.21. The summed E-state index contributed by atoms with van der Waals surface area (Å²) in [6.45, 7) is 6.69. The molecule has 1 aromatic heterocycles. The molecule has 5 heteroatoms. The van der Waals surface area contributed by atoms with Crippen molar-refractivity contribution < 1.29 is 0 Å². The van der Waals surface area contributed by atoms with E-state index in [0.29, 0.717) is 5.02 Å². The average molecular weight is 372 g/mol. The van der Waals surface area contributed by atoms with E-state index in [1.54, 1.807) is 11.8 Å². The summed E-state index contributed by atoms with van der Waals surface area (Å²) in [7, 11) is 1.99. The number of rotatable bonds is 4. The van der Waals surface area contributed by atoms with Crippen LogP contribution in [0.5, 0.6) is 0 Å². The monoisotopic (exact) mass is 371 g/mol. The maximum absolute atomic E-state index is 6.08. The van der Waals surface area contributed by atoms with Crippen molar-refractivity contribution >= 4 is 23.4 Å². The fourth-order valence-corrected chi connectivity index (χ4v) is 3.63. The Hall–Kier alpha value is -1.78. The summed E-state index contributed by atoms with van der Waals surface area (Å²) < 4.78 is 2.01. The first kappa shape index (κ1) is 18.0. The first-order chi connectivity index (χ1) is 11.8. The van der Waals surface area contributed by atoms with Gasteiger partial charge in [0, 0.05) is 23.4 Å². The quantitative estimate of drug-likeness (QED) is 0.549. The largest absolute Gasteiger partial charge is 0.305 e. The number of hydrogen-bond acceptors (Lipinski definition) is 3. The lowest BCUT2D eigenvalue weighted by atomic mass is 9.87. The molecule has 0 radical (unpaired) electrons. The fourth-order valence-electron chi connectivity index (χ4n) is 2.57. The number of nitrogens with zero attached hydrogens (tertiary/aromatic N) is 3. The second-order valence-corrected chi connectivity index (χ2v) is 8.49. The SMILES string of the molecule is Cn1c(SCc2ccc(C(C)(C)C)cc2)nnc1-c1cccc(Cl)c1. The van der Waals surface area contributed by atoms with Gasteiger partial charge in [-0.1, -0.05) is 80.5 Å². The van der Waals surface area contributed by atoms with E-state index in [2.05, 4.69) is 55.2 Å². The van der Waals surface area contributed by atoms with Gasteiger partial charge in [0.05, 0.1) is 0 Å². The van der Waals surface area contributed by atoms with Crippen LogP contribution in [-0.2, 0) is 18.2 Å². The van der Waals surface area contributed by atoms with E-state index in [-0.39, 0.29) is 5.41 Å². The van der Waals surface area contributed by atoms with Crippen LogP contribution in [-0.4, -0.2) is 14.8 Å². The molecule has 0 unspecified atom stereocenters. The Labute approximate surface area is 158 Å². The van der Waals surface area contributed by atoms with Gasteiger partial charge in [0.2, 0.25) is 0 Å². The highest BCUT2D eigenvalue weighted by Crippen LogP contribution is 2.28. The zero-order valence-corrected chi connectivity index (χ0v) is 16.5. The predicted octanol–water partition coefficient (Wildman–Crippen LogP) is 5.73. The van der Waals surface area contributed by atoms with Gasteiger partial charge in [-0.2, -0.15) is 0 Å². The first-order valence-corrected chi connectivity index (χ1v) is 9.58. The molecule has 0 N–H and O–H groups in total. The lowest BCUT2D eigenvalue weighted by Crippen LogP contribution is -2.10. The maximum atomic E-state index is 6.08. The zero-order chi connectivity index (χ0) is 18.0. The minimum Gasteiger partial charge on any atom is -0.305 e. The second-order valence-electron chi connectivity index (χ2n) is 7.11. The summed E-state index contributed by atoms with van der Waals surface area (Å²) in [5.41, 5.74) is 3.79. The molecule has 0 saturated heterocycles. The molecule has 0 saturated carbocycles. The molecule has 3 rings (SSSR count). The maximum Gasteiger partial charge on any atom is 0.191 e. The molecular weight excluding hydrogens is 350 g/mol. The summed E-state index contributed by atoms with van der Waals surface area (Å²) in [5, 5.41) is 10.2. The van der Waals surface area contributed by atoms with Crippen molar-refractivity contribution in [2.24, 2.45) is 7.05 Å². The van der Waals surface area contributed by atoms with E-state index in [9.17, 15) is 0 Å². The summed E-state index contributed by atoms with van der Waals surface area (Å²) in [6, 6.07) is 16.5. The number of thioether (sulfide) groups is 1. The normalized spacial score (nSPS) is 11.7. The van der Waals surface area contributed by atoms with E-state index in [4.69, 9.17) is 11.6 Å². The average Bonchev–Trinajstić information content (AvgIpc) is 2.93. The lowest BCUT2D eigenvalue weighted by Gasteiger charge is -2.19. The van der Waals surface area contributed by atoms with Gasteiger partial charge in [-0.3, -0.25) is 0 Å². The van der Waals surface area contributed by atoms with Crippen LogP contribution in [0.1, 0.15) is 31.9 Å². The topological polar surface area (TPSA) is 30.7 Å². The molecule has 3 nitrogen and oxygen atoms in total. The van der Waals surface area contributed by atoms with Crippen molar-refractivity contribution in [2.45, 2.75) is 37.1 Å². The third-order valence-corrected chi connectivity index (χ3v) is 5.43. The molecule has 0 fully saturated rings. The molecule has 0 atom stereocenters. The fraction of sp³-hybridized carbons (Fsp3) is 0.300. The van der Waals surface area contributed by atoms with Crippen LogP contribution in [0.4, 0.5) is 0 Å². The van der Waals surface area contributed by atoms with Crippen LogP contribution < -0.4 is 0 Å². The summed E-state index contributed by atoms with van der Waals surface area (Å²) >= 11 is 7.77. The Morgan fingerprint density at radius 3 is 2.40 bits per heavy atom. The van der Waals surface area contributed by atoms with E-state index in [1.165, 1.54) is 11.1 Å². The Morgan fingerprint density at radius 2 is 1.76 bits per heavy atom. The molecule has 130 valence electrons. The molecule has 3 aromatic rings. The van der Waals surface area contributed by atoms with Gasteiger partial charge >= 0.3 is 0 Å². The Bertz CT molecular complexity index is 863. The van der Waals surface area contributed by atoms with Crippen molar-refractivity contribution in [1.29, 1.82) is 0 Å². The molecule has 0 aliphatic heterocycles. The Balaban J connectivity index is 1.72. The molecule has 25 heavy (non-hydrogen) atoms. The van der Waals surface area contributed by atoms with Crippen LogP contribution >= 0.6 is 23.4 Å². The predicted molar refractivity (Wildman–Crippen MR) is 106 cm³/mol. The molecular formula is C20H22ClN3S. The second kappa shape index (κ2) is 7.22. The van der Waals surface area contributed by atoms with E-state index < -0.39 is 0 Å². The van der Waals surface area contributed by atoms with Crippen molar-refractivity contribution in [2.75, 3.05) is 0 Å². The van der Waals surface area contributed by atoms with Crippen LogP contribution in [0.15, 0.2) is 53.7 Å². The highest BCUT2D eigenvalue weighted by molar-refractivity contribution is 7.98. The van der Waals surface area contributed by atoms with E-state index in [0.717, 1.165) is 22.3 Å². The highest BCUT2D eigenvalue weighted by atomic mass is 35.5. The molecule has 0 aliphatic rings. The van der Waals surface area contributed by atoms with Crippen molar-refractivity contribution in [1.82, 2.24) is 14.8 Å². The minimum absolute atomic E-state index is 0.182. The smallest absolute Gasteiger partial charge is 0.191 e. The Morgan fingerprint density at radius 1 is 1.04 bits per heavy atom. The number of halogens is 1. The minimum atomic E-state index is 0.182. The first-order valence-electron chi connectivity index (χ1n) is 8.22. The summed E-state index contributed by atoms with van der Waals surface area (Å²) in [4.78, 5) is 0. The van der Waals surface area contributed by atoms with Gasteiger partial charge in [-0.05, 0) is 28.7 Å². The van der Waals surface area contributed by atoms with Crippen molar-refractivity contribution in [3.8, 4) is 11.4 Å². The molecule has 0 spiro atoms. The van der Waals surface area contributed by atoms with E-state index >= 15 is 0 Å². The van der Waals surface area contributed by atoms with Crippen LogP contribution in [0, 0.1) is 0 Å². The van der Waals surface area contributed by atoms with Gasteiger partial charge < -0.3 is 4.57 Å². The lowest BCUT2D eigenvalue weighted by molar-refractivity contribution is 0.590. The third kappa shape index (κ3) is 4.25. The number of aromatic nitrogens is 3. The van der Waals surface area contributed by atoms with Gasteiger partial charge in [0.15, 0.2) is 11.0 Å². The van der Waals surface area contributed by atoms with Crippen molar-refractivity contribution in [3.63, 3.8) is 0 Å². The summed E-state index contributed by atoms with van der Waals surface area (Å²) in [5.74, 6) is 1.69. The zero-order valence-electron chi connectivity index (χ0n) is 15.0. The standard InChI is InChI=1S/C20H22ClN3S/c1-20(2,3)16-10-8-14(9-11-16)13-25-19-23-22-18(24(19)4)15-6-5-7-17(21)12-15/h5-12H,13H2,1-4H3. The summed E-state index contributed by atoms with van der Waals surface area (Å²) in [6.07, 6.45) is 0. The third-order valence-electron chi connectivity index (χ3n) is 4.11. The molecule has 2 aromatic carbocycles. The molecule has 0 bridgehead atoms. The number of benzene rings is 2. The molecule has 0 aliphatic carbocycles. The number of hydrogen-bond donors (Lipinski definition) is 0. The van der Waals surface area contributed by atoms with Crippen LogP contribution in [0.3, 0.4) is 0 Å². The van der Waals surface area contributed by atoms with E-state index in [1.807, 2.05) is 35.9 Å².